The van der Waals surface area contributed by atoms with Gasteiger partial charge in [0, 0.05) is 39.0 Å². The molecule has 8 rings (SSSR count). The molecule has 0 aliphatic heterocycles. The number of hydrogen-bond donors (Lipinski definition) is 1. The molecule has 1 heterocycles. The minimum Gasteiger partial charge on any atom is -0.355 e. The molecule has 0 aliphatic rings. The van der Waals surface area contributed by atoms with Crippen molar-refractivity contribution in [1.82, 2.24) is 4.57 Å². The van der Waals surface area contributed by atoms with Crippen molar-refractivity contribution in [2.45, 2.75) is 6.04 Å². The molecule has 1 unspecified atom stereocenters. The first-order valence-corrected chi connectivity index (χ1v) is 18.4. The monoisotopic (exact) mass is 708 g/mol. The zero-order valence-corrected chi connectivity index (χ0v) is 30.5. The first-order chi connectivity index (χ1) is 27.2. The molecule has 4 heteroatoms. The molecule has 1 aromatic heterocycles. The number of amidine groups is 1. The summed E-state index contributed by atoms with van der Waals surface area (Å²) in [5.74, 6) is 0.549. The third kappa shape index (κ3) is 6.97. The van der Waals surface area contributed by atoms with Crippen molar-refractivity contribution in [1.29, 1.82) is 0 Å². The van der Waals surface area contributed by atoms with Crippen LogP contribution in [0, 0.1) is 0 Å². The number of hydrogen-bond acceptors (Lipinski definition) is 2. The van der Waals surface area contributed by atoms with Crippen LogP contribution in [-0.4, -0.2) is 17.1 Å². The fourth-order valence-corrected chi connectivity index (χ4v) is 7.41. The molecular weight excluding hydrogens is 669 g/mol. The SMILES string of the molecule is C=C/C=C(\C=C)C(N=C(N=C)c1cccc(-n2c3ccccc3c3c(-c4cccc(-c5ccccc5Nc5ccccc5)c4)cccc32)c1)c1ccccc1. The average Bonchev–Trinajstić information content (AvgIpc) is 3.59. The number of anilines is 2. The summed E-state index contributed by atoms with van der Waals surface area (Å²) < 4.78 is 2.34. The molecule has 4 nitrogen and oxygen atoms in total. The maximum atomic E-state index is 5.17. The van der Waals surface area contributed by atoms with Crippen molar-refractivity contribution in [2.75, 3.05) is 5.32 Å². The Morgan fingerprint density at radius 2 is 1.27 bits per heavy atom. The molecule has 55 heavy (non-hydrogen) atoms. The number of rotatable bonds is 11. The van der Waals surface area contributed by atoms with E-state index in [1.165, 1.54) is 16.3 Å². The Morgan fingerprint density at radius 1 is 0.618 bits per heavy atom. The standard InChI is InChI=1S/C51H40N4/c1-4-19-36(5-2)50(37-20-8-6-9-21-37)54-51(52-3)40-24-17-27-42(35-40)55-47-32-15-13-29-45(47)49-44(30-18-33-48(49)55)39-23-16-22-38(34-39)43-28-12-14-31-46(43)53-41-25-10-7-11-26-41/h4-35,50,53H,1-3H2/b36-19+,54-51?. The summed E-state index contributed by atoms with van der Waals surface area (Å²) in [7, 11) is 0. The molecular formula is C51H40N4. The van der Waals surface area contributed by atoms with Crippen LogP contribution in [0.25, 0.3) is 49.7 Å². The molecule has 0 radical (unpaired) electrons. The highest BCUT2D eigenvalue weighted by atomic mass is 15.0. The Kier molecular flexibility index (Phi) is 9.95. The smallest absolute Gasteiger partial charge is 0.154 e. The van der Waals surface area contributed by atoms with E-state index < -0.39 is 0 Å². The average molecular weight is 709 g/mol. The van der Waals surface area contributed by atoms with Gasteiger partial charge in [-0.2, -0.15) is 0 Å². The Bertz CT molecular complexity index is 2730. The first kappa shape index (κ1) is 34.8. The topological polar surface area (TPSA) is 41.7 Å². The molecule has 1 atom stereocenters. The lowest BCUT2D eigenvalue weighted by molar-refractivity contribution is 0.870. The van der Waals surface area contributed by atoms with Crippen LogP contribution in [0.5, 0.6) is 0 Å². The van der Waals surface area contributed by atoms with Gasteiger partial charge in [-0.25, -0.2) is 4.99 Å². The predicted molar refractivity (Wildman–Crippen MR) is 235 cm³/mol. The van der Waals surface area contributed by atoms with E-state index in [0.29, 0.717) is 5.84 Å². The highest BCUT2D eigenvalue weighted by Crippen LogP contribution is 2.40. The van der Waals surface area contributed by atoms with E-state index in [1.54, 1.807) is 6.08 Å². The summed E-state index contributed by atoms with van der Waals surface area (Å²) in [6, 6.07) is 61.1. The van der Waals surface area contributed by atoms with Gasteiger partial charge in [0.05, 0.1) is 11.0 Å². The van der Waals surface area contributed by atoms with Gasteiger partial charge in [0.25, 0.3) is 0 Å². The third-order valence-corrected chi connectivity index (χ3v) is 9.90. The quantitative estimate of drug-likeness (QED) is 0.0811. The van der Waals surface area contributed by atoms with E-state index >= 15 is 0 Å². The Balaban J connectivity index is 1.24. The fraction of sp³-hybridized carbons (Fsp3) is 0.0196. The van der Waals surface area contributed by atoms with Crippen LogP contribution in [0.3, 0.4) is 0 Å². The zero-order chi connectivity index (χ0) is 37.6. The van der Waals surface area contributed by atoms with E-state index in [2.05, 4.69) is 168 Å². The van der Waals surface area contributed by atoms with Crippen LogP contribution in [-0.2, 0) is 0 Å². The number of para-hydroxylation sites is 3. The summed E-state index contributed by atoms with van der Waals surface area (Å²) in [5.41, 5.74) is 12.8. The molecule has 0 saturated heterocycles. The minimum atomic E-state index is -0.325. The maximum absolute atomic E-state index is 5.17. The number of aromatic nitrogens is 1. The van der Waals surface area contributed by atoms with Crippen LogP contribution >= 0.6 is 0 Å². The van der Waals surface area contributed by atoms with Crippen LogP contribution in [0.1, 0.15) is 17.2 Å². The van der Waals surface area contributed by atoms with Crippen LogP contribution in [0.4, 0.5) is 11.4 Å². The second-order valence-electron chi connectivity index (χ2n) is 13.3. The summed E-state index contributed by atoms with van der Waals surface area (Å²) >= 11 is 0. The van der Waals surface area contributed by atoms with Gasteiger partial charge in [-0.1, -0.05) is 159 Å². The fourth-order valence-electron chi connectivity index (χ4n) is 7.41. The van der Waals surface area contributed by atoms with E-state index in [9.17, 15) is 0 Å². The highest BCUT2D eigenvalue weighted by molar-refractivity contribution is 6.16. The zero-order valence-electron chi connectivity index (χ0n) is 30.5. The molecule has 0 fully saturated rings. The van der Waals surface area contributed by atoms with Gasteiger partial charge in [-0.15, -0.1) is 0 Å². The van der Waals surface area contributed by atoms with Gasteiger partial charge in [-0.3, -0.25) is 4.99 Å². The lowest BCUT2D eigenvalue weighted by Gasteiger charge is -2.16. The number of nitrogens with zero attached hydrogens (tertiary/aromatic N) is 3. The second-order valence-corrected chi connectivity index (χ2v) is 13.3. The Labute approximate surface area is 322 Å². The van der Waals surface area contributed by atoms with Crippen molar-refractivity contribution >= 4 is 45.7 Å². The first-order valence-electron chi connectivity index (χ1n) is 18.4. The van der Waals surface area contributed by atoms with Gasteiger partial charge < -0.3 is 9.88 Å². The number of fused-ring (bicyclic) bond motifs is 3. The second kappa shape index (κ2) is 15.7. The van der Waals surface area contributed by atoms with E-state index in [0.717, 1.165) is 61.5 Å². The number of allylic oxidation sites excluding steroid dienone is 2. The molecule has 8 aromatic rings. The highest BCUT2D eigenvalue weighted by Gasteiger charge is 2.19. The third-order valence-electron chi connectivity index (χ3n) is 9.90. The van der Waals surface area contributed by atoms with Crippen molar-refractivity contribution in [2.24, 2.45) is 9.98 Å². The van der Waals surface area contributed by atoms with E-state index in [4.69, 9.17) is 4.99 Å². The predicted octanol–water partition coefficient (Wildman–Crippen LogP) is 13.3. The van der Waals surface area contributed by atoms with Crippen molar-refractivity contribution < 1.29 is 0 Å². The molecule has 0 saturated carbocycles. The molecule has 264 valence electrons. The molecule has 0 amide bonds. The summed E-state index contributed by atoms with van der Waals surface area (Å²) in [6.07, 6.45) is 5.53. The summed E-state index contributed by atoms with van der Waals surface area (Å²) in [4.78, 5) is 9.64. The van der Waals surface area contributed by atoms with Gasteiger partial charge >= 0.3 is 0 Å². The molecule has 1 N–H and O–H groups in total. The summed E-state index contributed by atoms with van der Waals surface area (Å²) in [5, 5.41) is 6.00. The van der Waals surface area contributed by atoms with Crippen molar-refractivity contribution in [3.05, 3.63) is 224 Å². The van der Waals surface area contributed by atoms with Crippen molar-refractivity contribution in [3.8, 4) is 27.9 Å². The normalized spacial score (nSPS) is 12.4. The maximum Gasteiger partial charge on any atom is 0.154 e. The molecule has 0 spiro atoms. The number of nitrogens with one attached hydrogen (secondary N) is 1. The number of benzene rings is 7. The Morgan fingerprint density at radius 3 is 2.05 bits per heavy atom. The van der Waals surface area contributed by atoms with Gasteiger partial charge in [0.2, 0.25) is 0 Å². The molecule has 7 aromatic carbocycles. The van der Waals surface area contributed by atoms with E-state index in [-0.39, 0.29) is 6.04 Å². The largest absolute Gasteiger partial charge is 0.355 e. The lowest BCUT2D eigenvalue weighted by Crippen LogP contribution is -2.06. The van der Waals surface area contributed by atoms with Gasteiger partial charge in [0.1, 0.15) is 6.04 Å². The van der Waals surface area contributed by atoms with Crippen LogP contribution < -0.4 is 5.32 Å². The summed E-state index contributed by atoms with van der Waals surface area (Å²) in [6.45, 7) is 11.9. The van der Waals surface area contributed by atoms with Gasteiger partial charge in [0.15, 0.2) is 5.84 Å². The minimum absolute atomic E-state index is 0.325. The Hall–Kier alpha value is -7.30. The number of aliphatic imine (C=N–C) groups is 2. The lowest BCUT2D eigenvalue weighted by atomic mass is 9.95. The molecule has 0 bridgehead atoms. The van der Waals surface area contributed by atoms with Gasteiger partial charge in [-0.05, 0) is 83.1 Å². The van der Waals surface area contributed by atoms with Crippen molar-refractivity contribution in [3.63, 3.8) is 0 Å². The molecule has 0 aliphatic carbocycles. The van der Waals surface area contributed by atoms with E-state index in [1.807, 2.05) is 54.6 Å². The van der Waals surface area contributed by atoms with Crippen LogP contribution in [0.15, 0.2) is 223 Å². The van der Waals surface area contributed by atoms with Crippen LogP contribution in [0.2, 0.25) is 0 Å².